The number of benzene rings is 13. The third-order valence-electron chi connectivity index (χ3n) is 19.0. The van der Waals surface area contributed by atoms with Gasteiger partial charge in [0.05, 0.1) is 106 Å². The number of fused-ring (bicyclic) bond motifs is 2. The number of aromatic amines is 2. The Kier molecular flexibility index (Phi) is 38.2. The first-order valence-corrected chi connectivity index (χ1v) is 44.4. The minimum absolute atomic E-state index is 0.0297. The third kappa shape index (κ3) is 31.3. The largest absolute Gasteiger partial charge is 0.506 e. The first-order chi connectivity index (χ1) is 64.8. The van der Waals surface area contributed by atoms with E-state index in [2.05, 4.69) is 115 Å². The molecule has 135 heavy (non-hydrogen) atoms. The highest BCUT2D eigenvalue weighted by molar-refractivity contribution is 9.11. The van der Waals surface area contributed by atoms with Crippen LogP contribution in [0.1, 0.15) is 100 Å². The summed E-state index contributed by atoms with van der Waals surface area (Å²) < 4.78 is 6.42. The summed E-state index contributed by atoms with van der Waals surface area (Å²) in [6, 6.07) is 73.6. The molecule has 0 amide bonds. The Hall–Kier alpha value is -15.0. The predicted octanol–water partition coefficient (Wildman–Crippen LogP) is 27.4. The molecule has 0 aliphatic carbocycles. The molecular weight excluding hydrogens is 1930 g/mol. The number of aromatic hydroxyl groups is 7. The van der Waals surface area contributed by atoms with E-state index >= 15 is 0 Å². The number of nitrogens with zero attached hydrogens (tertiary/aromatic N) is 12. The zero-order chi connectivity index (χ0) is 97.2. The zero-order valence-electron chi connectivity index (χ0n) is 73.8. The van der Waals surface area contributed by atoms with Crippen LogP contribution in [0.3, 0.4) is 0 Å². The smallest absolute Gasteiger partial charge is 0.151 e. The van der Waals surface area contributed by atoms with E-state index in [1.54, 1.807) is 106 Å². The van der Waals surface area contributed by atoms with Crippen LogP contribution in [-0.2, 0) is 13.0 Å². The van der Waals surface area contributed by atoms with E-state index in [0.717, 1.165) is 117 Å². The number of halogens is 7. The molecule has 0 radical (unpaired) electrons. The molecule has 3 heterocycles. The van der Waals surface area contributed by atoms with E-state index in [9.17, 15) is 35.7 Å². The molecule has 0 atom stereocenters. The summed E-state index contributed by atoms with van der Waals surface area (Å²) in [5, 5.41) is 89.9. The number of terminal acetylenes is 2. The number of phenols is 7. The van der Waals surface area contributed by atoms with Crippen LogP contribution < -0.4 is 4.74 Å². The molecule has 0 fully saturated rings. The number of H-pyrrole nitrogens is 2. The molecule has 0 spiro atoms. The van der Waals surface area contributed by atoms with Gasteiger partial charge in [-0.25, -0.2) is 15.0 Å². The number of hydrogen-bond donors (Lipinski definition) is 9. The molecule has 0 aliphatic heterocycles. The van der Waals surface area contributed by atoms with Crippen LogP contribution in [0.4, 0.5) is 34.3 Å². The number of ether oxygens (including phenoxy) is 1. The minimum atomic E-state index is 0.0297. The van der Waals surface area contributed by atoms with Gasteiger partial charge in [0.25, 0.3) is 0 Å². The second-order valence-corrected chi connectivity index (χ2v) is 33.6. The van der Waals surface area contributed by atoms with Gasteiger partial charge in [-0.05, 0) is 325 Å². The molecule has 678 valence electrons. The van der Waals surface area contributed by atoms with Crippen molar-refractivity contribution >= 4 is 190 Å². The fourth-order valence-corrected chi connectivity index (χ4v) is 14.9. The van der Waals surface area contributed by atoms with E-state index in [4.69, 9.17) is 80.9 Å². The number of hydrogen-bond acceptors (Lipinski definition) is 20. The third-order valence-corrected chi connectivity index (χ3v) is 21.7. The molecule has 13 aromatic carbocycles. The monoisotopic (exact) mass is 2020 g/mol. The summed E-state index contributed by atoms with van der Waals surface area (Å²) in [6.45, 7) is 14.0. The van der Waals surface area contributed by atoms with Gasteiger partial charge in [0, 0.05) is 99.8 Å². The van der Waals surface area contributed by atoms with Crippen molar-refractivity contribution in [3.8, 4) is 76.8 Å². The minimum Gasteiger partial charge on any atom is -0.506 e. The summed E-state index contributed by atoms with van der Waals surface area (Å²) in [5.74, 6) is 7.13. The van der Waals surface area contributed by atoms with Crippen LogP contribution in [0.25, 0.3) is 22.1 Å². The Morgan fingerprint density at radius 1 is 0.378 bits per heavy atom. The Morgan fingerprint density at radius 2 is 0.748 bits per heavy atom. The van der Waals surface area contributed by atoms with Crippen molar-refractivity contribution in [2.75, 3.05) is 7.11 Å². The highest BCUT2D eigenvalue weighted by Gasteiger charge is 2.13. The number of pyridine rings is 1. The molecular formula is C106H87Br2Cl5N14O8. The molecule has 29 heteroatoms. The maximum absolute atomic E-state index is 9.93. The molecule has 0 saturated heterocycles. The number of aliphatic imine (C=N–C) groups is 7. The molecule has 16 aromatic rings. The molecule has 16 rings (SSSR count). The number of methoxy groups -OCH3 is 1. The lowest BCUT2D eigenvalue weighted by molar-refractivity contribution is 0.414. The molecule has 3 aromatic heterocycles. The van der Waals surface area contributed by atoms with Gasteiger partial charge in [-0.3, -0.25) is 30.0 Å². The van der Waals surface area contributed by atoms with Crippen molar-refractivity contribution in [3.05, 3.63) is 383 Å². The molecule has 0 saturated carbocycles. The van der Waals surface area contributed by atoms with Crippen molar-refractivity contribution in [1.29, 1.82) is 5.26 Å². The van der Waals surface area contributed by atoms with Crippen molar-refractivity contribution in [1.82, 2.24) is 30.4 Å². The van der Waals surface area contributed by atoms with Crippen molar-refractivity contribution in [2.45, 2.75) is 61.4 Å². The van der Waals surface area contributed by atoms with E-state index in [-0.39, 0.29) is 40.2 Å². The number of aryl methyl sites for hydroxylation is 7. The Bertz CT molecular complexity index is 6990. The lowest BCUT2D eigenvalue weighted by Crippen LogP contribution is -1.88. The topological polar surface area (TPSA) is 344 Å². The molecule has 9 N–H and O–H groups in total. The second-order valence-electron chi connectivity index (χ2n) is 29.8. The van der Waals surface area contributed by atoms with Crippen LogP contribution in [0.15, 0.2) is 293 Å². The quantitative estimate of drug-likeness (QED) is 0.0303. The average Bonchev–Trinajstić information content (AvgIpc) is 1.78. The number of phenolic OH excluding ortho intramolecular Hbond substituents is 7. The maximum atomic E-state index is 9.93. The fourth-order valence-electron chi connectivity index (χ4n) is 12.3. The fraction of sp³-hybridized carbons (Fsp3) is 0.0943. The van der Waals surface area contributed by atoms with Gasteiger partial charge in [0.1, 0.15) is 57.0 Å². The van der Waals surface area contributed by atoms with Crippen molar-refractivity contribution in [2.24, 2.45) is 34.9 Å². The van der Waals surface area contributed by atoms with Gasteiger partial charge in [0.15, 0.2) is 5.82 Å². The highest BCUT2D eigenvalue weighted by atomic mass is 79.9. The molecule has 0 unspecified atom stereocenters. The molecule has 22 nitrogen and oxygen atoms in total. The van der Waals surface area contributed by atoms with Crippen LogP contribution in [0.2, 0.25) is 25.1 Å². The van der Waals surface area contributed by atoms with Crippen molar-refractivity contribution < 1.29 is 40.5 Å². The highest BCUT2D eigenvalue weighted by Crippen LogP contribution is 2.36. The van der Waals surface area contributed by atoms with Crippen molar-refractivity contribution in [3.63, 3.8) is 0 Å². The van der Waals surface area contributed by atoms with Gasteiger partial charge >= 0.3 is 0 Å². The van der Waals surface area contributed by atoms with Crippen LogP contribution >= 0.6 is 89.9 Å². The molecule has 0 aliphatic rings. The molecule has 0 bridgehead atoms. The normalized spacial score (nSPS) is 11.0. The summed E-state index contributed by atoms with van der Waals surface area (Å²) in [4.78, 5) is 41.4. The van der Waals surface area contributed by atoms with E-state index in [1.807, 2.05) is 243 Å². The Labute approximate surface area is 822 Å². The first-order valence-electron chi connectivity index (χ1n) is 40.9. The lowest BCUT2D eigenvalue weighted by atomic mass is 10.1. The van der Waals surface area contributed by atoms with Crippen LogP contribution in [0, 0.1) is 84.5 Å². The number of imidazole rings is 1. The number of nitriles is 1. The number of aromatic nitrogens is 6. The van der Waals surface area contributed by atoms with Gasteiger partial charge in [0.2, 0.25) is 0 Å². The maximum Gasteiger partial charge on any atom is 0.151 e. The van der Waals surface area contributed by atoms with Gasteiger partial charge in [-0.2, -0.15) is 20.7 Å². The summed E-state index contributed by atoms with van der Waals surface area (Å²) >= 11 is 36.2. The van der Waals surface area contributed by atoms with E-state index < -0.39 is 0 Å². The Morgan fingerprint density at radius 3 is 1.16 bits per heavy atom. The number of nitrogens with one attached hydrogen (secondary N) is 2. The average molecular weight is 2020 g/mol. The SMILES string of the molecule is C#Cc1cccc(N=Cc2cc(C)cc(Br)c2O)c1.C#Cc1cccc(N=Cc2cc(C)cc(Cl)c2O)c1.COc1ccc(CN=Cc2cc(C)cc(Cl)c2O)cc1.Cc1cc(Br)c(O)c(C=Nc2ccccn2)c1.Cc1cc(Cl)c(O)c(C=Nc2ccc(CC#N)cc2)c1.Cc1cc(Cl)c(O)c(C=Nc2ccc3n[nH]nc3c2)c1.Cc1cc(Cl)c(O)c(C=Nc2ccc3nc[nH]c3c2)c1. The Balaban J connectivity index is 0.000000163. The van der Waals surface area contributed by atoms with Gasteiger partial charge in [-0.1, -0.05) is 112 Å². The van der Waals surface area contributed by atoms with Gasteiger partial charge < -0.3 is 45.5 Å². The first kappa shape index (κ1) is 102. The van der Waals surface area contributed by atoms with Crippen LogP contribution in [0.5, 0.6) is 46.0 Å². The predicted molar refractivity (Wildman–Crippen MR) is 557 cm³/mol. The zero-order valence-corrected chi connectivity index (χ0v) is 80.8. The lowest BCUT2D eigenvalue weighted by Gasteiger charge is -2.04. The second kappa shape index (κ2) is 50.6. The summed E-state index contributed by atoms with van der Waals surface area (Å²) in [5.41, 5.74) is 21.9. The van der Waals surface area contributed by atoms with Crippen LogP contribution in [-0.4, -0.2) is 117 Å². The van der Waals surface area contributed by atoms with E-state index in [1.165, 1.54) is 0 Å². The van der Waals surface area contributed by atoms with Gasteiger partial charge in [-0.15, -0.1) is 12.8 Å². The van der Waals surface area contributed by atoms with E-state index in [0.29, 0.717) is 91.8 Å². The summed E-state index contributed by atoms with van der Waals surface area (Å²) in [6.07, 6.45) is 25.6. The number of rotatable bonds is 17. The standard InChI is InChI=1S/C16H12BrNO.C16H13ClN2O.C16H16ClNO2.C16H12ClNO.C15H12ClN3O.C14H11ClN4O.C13H11BrN2O/c1-3-12-5-4-6-14(9-12)18-10-13-7-11(2)8-15(17)16(13)19;1-11-8-13(16(20)15(17)9-11)10-19-14-4-2-12(3-5-14)6-7-18;1-11-7-13(16(19)15(17)8-11)10-18-9-12-3-5-14(20-2)6-4-12;1-3-12-5-4-6-14(9-12)18-10-13-7-11(2)8-15(17)16(13)19;1-9-4-10(15(20)12(16)5-9)7-17-11-2-3-13-14(6-11)19-8-18-13;1-8-4-9(14(20)11(15)5-8)7-16-10-2-3-12-13(6-10)18-19-17-12;1-9-6-10(13(17)11(14)7-9)8-16-12-4-2-3-5-15-12/h1,4-10,19H,2H3;2-5,8-10,20H,6H2,1H3;3-8,10,19H,9H2,1-2H3;1,4-10,19H,2H3;2-8,20H,1H3,(H,18,19);2-7,20H,1H3,(H,17,18,19);2-8,17H,1H3. The summed E-state index contributed by atoms with van der Waals surface area (Å²) in [7, 11) is 1.64.